The quantitative estimate of drug-likeness (QED) is 0.295. The zero-order valence-electron chi connectivity index (χ0n) is 18.1. The lowest BCUT2D eigenvalue weighted by Crippen LogP contribution is -2.14. The number of nitrogens with one attached hydrogen (secondary N) is 1. The Kier molecular flexibility index (Phi) is 7.49. The second kappa shape index (κ2) is 10.5. The molecule has 0 aromatic heterocycles. The third-order valence-corrected chi connectivity index (χ3v) is 5.74. The Morgan fingerprint density at radius 2 is 1.79 bits per heavy atom. The van der Waals surface area contributed by atoms with Gasteiger partial charge >= 0.3 is 10.1 Å². The summed E-state index contributed by atoms with van der Waals surface area (Å²) in [5, 5.41) is 12.2. The van der Waals surface area contributed by atoms with Gasteiger partial charge in [-0.1, -0.05) is 42.0 Å². The Labute approximate surface area is 193 Å². The predicted molar refractivity (Wildman–Crippen MR) is 125 cm³/mol. The number of amides is 1. The van der Waals surface area contributed by atoms with E-state index >= 15 is 0 Å². The lowest BCUT2D eigenvalue weighted by molar-refractivity contribution is -0.112. The molecule has 33 heavy (non-hydrogen) atoms. The number of carbonyl (C=O) groups is 1. The zero-order chi connectivity index (χ0) is 23.8. The molecule has 7 nitrogen and oxygen atoms in total. The van der Waals surface area contributed by atoms with Gasteiger partial charge in [-0.15, -0.1) is 0 Å². The van der Waals surface area contributed by atoms with Gasteiger partial charge in [0.15, 0.2) is 0 Å². The van der Waals surface area contributed by atoms with E-state index in [9.17, 15) is 18.5 Å². The minimum absolute atomic E-state index is 0.000637. The molecule has 0 unspecified atom stereocenters. The first-order valence-corrected chi connectivity index (χ1v) is 11.5. The number of nitrogens with zero attached hydrogens (tertiary/aromatic N) is 1. The lowest BCUT2D eigenvalue weighted by atomic mass is 10.1. The number of anilines is 1. The molecule has 1 N–H and O–H groups in total. The summed E-state index contributed by atoms with van der Waals surface area (Å²) >= 11 is 0. The predicted octanol–water partition coefficient (Wildman–Crippen LogP) is 4.71. The van der Waals surface area contributed by atoms with Crippen LogP contribution in [-0.2, 0) is 14.9 Å². The van der Waals surface area contributed by atoms with Crippen molar-refractivity contribution in [1.82, 2.24) is 0 Å². The summed E-state index contributed by atoms with van der Waals surface area (Å²) in [5.41, 5.74) is 1.41. The van der Waals surface area contributed by atoms with Gasteiger partial charge in [-0.2, -0.15) is 13.7 Å². The zero-order valence-corrected chi connectivity index (χ0v) is 18.9. The molecule has 0 aliphatic carbocycles. The summed E-state index contributed by atoms with van der Waals surface area (Å²) in [6.45, 7) is 4.17. The van der Waals surface area contributed by atoms with E-state index in [1.807, 2.05) is 19.9 Å². The smallest absolute Gasteiger partial charge is 0.339 e. The van der Waals surface area contributed by atoms with Crippen LogP contribution in [0.15, 0.2) is 83.3 Å². The van der Waals surface area contributed by atoms with Gasteiger partial charge in [0.2, 0.25) is 0 Å². The fourth-order valence-electron chi connectivity index (χ4n) is 2.88. The summed E-state index contributed by atoms with van der Waals surface area (Å²) in [6, 6.07) is 21.1. The van der Waals surface area contributed by atoms with Crippen molar-refractivity contribution in [3.05, 3.63) is 89.5 Å². The summed E-state index contributed by atoms with van der Waals surface area (Å²) in [6.07, 6.45) is 1.28. The van der Waals surface area contributed by atoms with Crippen molar-refractivity contribution in [1.29, 1.82) is 5.26 Å². The number of aryl methyl sites for hydroxylation is 1. The molecule has 168 valence electrons. The van der Waals surface area contributed by atoms with Gasteiger partial charge in [0.05, 0.1) is 6.61 Å². The van der Waals surface area contributed by atoms with Crippen molar-refractivity contribution < 1.29 is 22.1 Å². The first-order valence-electron chi connectivity index (χ1n) is 10.1. The molecule has 0 bridgehead atoms. The van der Waals surface area contributed by atoms with E-state index in [4.69, 9.17) is 8.92 Å². The summed E-state index contributed by atoms with van der Waals surface area (Å²) in [4.78, 5) is 12.7. The highest BCUT2D eigenvalue weighted by Crippen LogP contribution is 2.26. The van der Waals surface area contributed by atoms with Crippen molar-refractivity contribution in [3.8, 4) is 17.6 Å². The molecule has 0 radical (unpaired) electrons. The van der Waals surface area contributed by atoms with E-state index in [-0.39, 0.29) is 21.8 Å². The Balaban J connectivity index is 1.86. The average molecular weight is 463 g/mol. The number of carbonyl (C=O) groups excluding carboxylic acids is 1. The summed E-state index contributed by atoms with van der Waals surface area (Å²) in [5.74, 6) is -0.0721. The van der Waals surface area contributed by atoms with Crippen molar-refractivity contribution in [3.63, 3.8) is 0 Å². The maximum atomic E-state index is 12.7. The van der Waals surface area contributed by atoms with E-state index in [0.717, 1.165) is 5.56 Å². The van der Waals surface area contributed by atoms with Gasteiger partial charge in [0, 0.05) is 17.3 Å². The number of ether oxygens (including phenoxy) is 1. The Morgan fingerprint density at radius 3 is 2.48 bits per heavy atom. The van der Waals surface area contributed by atoms with E-state index in [1.54, 1.807) is 54.6 Å². The molecular formula is C25H22N2O5S. The van der Waals surface area contributed by atoms with Crippen LogP contribution in [0.4, 0.5) is 5.69 Å². The Bertz CT molecular complexity index is 1320. The van der Waals surface area contributed by atoms with Crippen molar-refractivity contribution in [2.45, 2.75) is 18.7 Å². The van der Waals surface area contributed by atoms with Crippen LogP contribution in [0.5, 0.6) is 11.5 Å². The molecule has 0 fully saturated rings. The molecule has 0 aliphatic heterocycles. The van der Waals surface area contributed by atoms with Gasteiger partial charge in [0.25, 0.3) is 5.91 Å². The minimum atomic E-state index is -4.10. The van der Waals surface area contributed by atoms with Gasteiger partial charge in [-0.3, -0.25) is 4.79 Å². The van der Waals surface area contributed by atoms with Gasteiger partial charge in [-0.05, 0) is 50.3 Å². The number of benzene rings is 3. The molecule has 3 rings (SSSR count). The first kappa shape index (κ1) is 23.6. The van der Waals surface area contributed by atoms with E-state index < -0.39 is 16.0 Å². The number of hydrogen-bond donors (Lipinski definition) is 1. The molecule has 0 spiro atoms. The highest BCUT2D eigenvalue weighted by molar-refractivity contribution is 7.87. The van der Waals surface area contributed by atoms with Gasteiger partial charge < -0.3 is 14.2 Å². The monoisotopic (exact) mass is 462 g/mol. The fraction of sp³-hybridized carbons (Fsp3) is 0.120. The number of nitriles is 1. The van der Waals surface area contributed by atoms with Crippen molar-refractivity contribution in [2.75, 3.05) is 11.9 Å². The molecule has 0 aliphatic rings. The molecule has 8 heteroatoms. The topological polar surface area (TPSA) is 105 Å². The van der Waals surface area contributed by atoms with Crippen LogP contribution in [-0.4, -0.2) is 20.9 Å². The van der Waals surface area contributed by atoms with Gasteiger partial charge in [-0.25, -0.2) is 0 Å². The van der Waals surface area contributed by atoms with Crippen LogP contribution >= 0.6 is 0 Å². The first-order chi connectivity index (χ1) is 15.8. The Morgan fingerprint density at radius 1 is 1.06 bits per heavy atom. The van der Waals surface area contributed by atoms with Crippen molar-refractivity contribution in [2.24, 2.45) is 0 Å². The van der Waals surface area contributed by atoms with Gasteiger partial charge in [0.1, 0.15) is 28.0 Å². The maximum absolute atomic E-state index is 12.7. The SMILES string of the molecule is CCOc1cccc(NC(=O)/C(C#N)=C/c2ccccc2OS(=O)(=O)c2ccc(C)cc2)c1. The second-order valence-corrected chi connectivity index (χ2v) is 8.52. The summed E-state index contributed by atoms with van der Waals surface area (Å²) in [7, 11) is -4.10. The van der Waals surface area contributed by atoms with Crippen LogP contribution in [0.3, 0.4) is 0 Å². The van der Waals surface area contributed by atoms with Crippen LogP contribution in [0, 0.1) is 18.3 Å². The second-order valence-electron chi connectivity index (χ2n) is 6.97. The largest absolute Gasteiger partial charge is 0.494 e. The molecule has 1 amide bonds. The van der Waals surface area contributed by atoms with E-state index in [2.05, 4.69) is 5.32 Å². The van der Waals surface area contributed by atoms with E-state index in [1.165, 1.54) is 24.3 Å². The fourth-order valence-corrected chi connectivity index (χ4v) is 3.83. The number of para-hydroxylation sites is 1. The number of hydrogen-bond acceptors (Lipinski definition) is 6. The Hall–Kier alpha value is -4.09. The highest BCUT2D eigenvalue weighted by atomic mass is 32.2. The van der Waals surface area contributed by atoms with E-state index in [0.29, 0.717) is 18.0 Å². The van der Waals surface area contributed by atoms with Crippen LogP contribution < -0.4 is 14.2 Å². The number of rotatable bonds is 8. The third-order valence-electron chi connectivity index (χ3n) is 4.50. The van der Waals surface area contributed by atoms with Crippen molar-refractivity contribution >= 4 is 27.8 Å². The molecule has 0 atom stereocenters. The minimum Gasteiger partial charge on any atom is -0.494 e. The maximum Gasteiger partial charge on any atom is 0.339 e. The molecule has 3 aromatic carbocycles. The van der Waals surface area contributed by atoms with Crippen LogP contribution in [0.2, 0.25) is 0 Å². The standard InChI is InChI=1S/C25H22N2O5S/c1-3-31-22-9-6-8-21(16-22)27-25(28)20(17-26)15-19-7-4-5-10-24(19)32-33(29,30)23-13-11-18(2)12-14-23/h4-16H,3H2,1-2H3,(H,27,28)/b20-15+. The molecule has 0 heterocycles. The normalized spacial score (nSPS) is 11.4. The average Bonchev–Trinajstić information content (AvgIpc) is 2.79. The highest BCUT2D eigenvalue weighted by Gasteiger charge is 2.19. The molecular weight excluding hydrogens is 440 g/mol. The molecule has 0 saturated heterocycles. The summed E-state index contributed by atoms with van der Waals surface area (Å²) < 4.78 is 36.1. The lowest BCUT2D eigenvalue weighted by Gasteiger charge is -2.10. The molecule has 0 saturated carbocycles. The molecule has 3 aromatic rings. The van der Waals surface area contributed by atoms with Crippen LogP contribution in [0.1, 0.15) is 18.1 Å². The third kappa shape index (κ3) is 6.21. The van der Waals surface area contributed by atoms with Crippen LogP contribution in [0.25, 0.3) is 6.08 Å².